The fourth-order valence-electron chi connectivity index (χ4n) is 1.56. The number of ether oxygens (including phenoxy) is 1. The smallest absolute Gasteiger partial charge is 0.283 e. The van der Waals surface area contributed by atoms with E-state index in [2.05, 4.69) is 0 Å². The van der Waals surface area contributed by atoms with E-state index in [0.29, 0.717) is 23.9 Å². The number of nitrogens with zero attached hydrogens (tertiary/aromatic N) is 3. The molecule has 0 unspecified atom stereocenters. The number of hydrogen-bond donors (Lipinski definition) is 1. The Hall–Kier alpha value is -3.76. The molecule has 24 heavy (non-hydrogen) atoms. The van der Waals surface area contributed by atoms with Gasteiger partial charge in [-0.2, -0.15) is 0 Å². The van der Waals surface area contributed by atoms with Gasteiger partial charge in [0.2, 0.25) is 0 Å². The summed E-state index contributed by atoms with van der Waals surface area (Å²) in [5.74, 6) is 0.734. The molecule has 0 saturated carbocycles. The third kappa shape index (κ3) is 4.91. The average molecular weight is 336 g/mol. The number of nitrogen functional groups attached to an aromatic ring is 1. The van der Waals surface area contributed by atoms with E-state index in [1.807, 2.05) is 18.2 Å². The van der Waals surface area contributed by atoms with Crippen LogP contribution in [-0.4, -0.2) is 21.9 Å². The van der Waals surface area contributed by atoms with E-state index in [9.17, 15) is 30.3 Å². The molecule has 2 aromatic rings. The van der Waals surface area contributed by atoms with Crippen molar-refractivity contribution in [2.45, 2.75) is 0 Å². The largest absolute Gasteiger partial charge is 0.495 e. The molecule has 0 aliphatic heterocycles. The molecule has 0 fully saturated rings. The second-order valence-corrected chi connectivity index (χ2v) is 4.22. The van der Waals surface area contributed by atoms with Crippen LogP contribution < -0.4 is 10.5 Å². The highest BCUT2D eigenvalue weighted by Crippen LogP contribution is 2.26. The SMILES string of the molecule is COc1ccccc1N.O=[N+]([O-])c1cc([N+](=O)[O-])cc([N+](=O)[O-])c1. The van der Waals surface area contributed by atoms with Crippen LogP contribution in [0.4, 0.5) is 22.7 Å². The minimum absolute atomic E-state index is 0.660. The lowest BCUT2D eigenvalue weighted by atomic mass is 10.2. The van der Waals surface area contributed by atoms with Gasteiger partial charge in [-0.25, -0.2) is 0 Å². The Morgan fingerprint density at radius 1 is 0.833 bits per heavy atom. The summed E-state index contributed by atoms with van der Waals surface area (Å²) < 4.78 is 4.92. The van der Waals surface area contributed by atoms with Crippen molar-refractivity contribution < 1.29 is 19.5 Å². The standard InChI is InChI=1S/C7H9NO.C6H3N3O6/c1-9-7-5-3-2-4-6(7)8;10-7(11)4-1-5(8(12)13)3-6(2-4)9(14)15/h2-5H,8H2,1H3;1-3H. The van der Waals surface area contributed by atoms with E-state index in [4.69, 9.17) is 10.5 Å². The Kier molecular flexibility index (Phi) is 6.12. The van der Waals surface area contributed by atoms with Crippen molar-refractivity contribution in [1.82, 2.24) is 0 Å². The quantitative estimate of drug-likeness (QED) is 0.505. The summed E-state index contributed by atoms with van der Waals surface area (Å²) in [5.41, 5.74) is 4.13. The summed E-state index contributed by atoms with van der Waals surface area (Å²) in [7, 11) is 1.60. The van der Waals surface area contributed by atoms with E-state index in [1.54, 1.807) is 13.2 Å². The number of methoxy groups -OCH3 is 1. The summed E-state index contributed by atoms with van der Waals surface area (Å²) in [6.45, 7) is 0. The van der Waals surface area contributed by atoms with Crippen molar-refractivity contribution in [3.8, 4) is 5.75 Å². The first-order valence-electron chi connectivity index (χ1n) is 6.23. The van der Waals surface area contributed by atoms with Crippen LogP contribution in [0.25, 0.3) is 0 Å². The summed E-state index contributed by atoms with van der Waals surface area (Å²) >= 11 is 0. The number of non-ortho nitro benzene ring substituents is 3. The molecule has 0 spiro atoms. The second kappa shape index (κ2) is 8.03. The maximum Gasteiger partial charge on any atom is 0.283 e. The molecule has 0 aromatic heterocycles. The lowest BCUT2D eigenvalue weighted by molar-refractivity contribution is -0.403. The first-order chi connectivity index (χ1) is 11.3. The van der Waals surface area contributed by atoms with Gasteiger partial charge in [-0.1, -0.05) is 12.1 Å². The molecule has 2 rings (SSSR count). The van der Waals surface area contributed by atoms with Crippen molar-refractivity contribution in [3.63, 3.8) is 0 Å². The minimum Gasteiger partial charge on any atom is -0.495 e. The van der Waals surface area contributed by atoms with E-state index < -0.39 is 31.8 Å². The number of rotatable bonds is 4. The Labute approximate surface area is 134 Å². The molecule has 126 valence electrons. The number of nitro groups is 3. The van der Waals surface area contributed by atoms with Gasteiger partial charge in [0, 0.05) is 0 Å². The van der Waals surface area contributed by atoms with Gasteiger partial charge in [-0.05, 0) is 12.1 Å². The molecular weight excluding hydrogens is 324 g/mol. The summed E-state index contributed by atoms with van der Waals surface area (Å²) in [6, 6.07) is 9.37. The van der Waals surface area contributed by atoms with Crippen molar-refractivity contribution in [3.05, 3.63) is 72.8 Å². The molecule has 2 aromatic carbocycles. The average Bonchev–Trinajstić information content (AvgIpc) is 2.55. The zero-order valence-electron chi connectivity index (χ0n) is 12.3. The molecule has 11 nitrogen and oxygen atoms in total. The maximum atomic E-state index is 10.3. The molecule has 0 aliphatic carbocycles. The van der Waals surface area contributed by atoms with Crippen LogP contribution in [0.1, 0.15) is 0 Å². The molecule has 2 N–H and O–H groups in total. The van der Waals surface area contributed by atoms with Crippen LogP contribution in [-0.2, 0) is 0 Å². The Morgan fingerprint density at radius 3 is 1.46 bits per heavy atom. The zero-order valence-corrected chi connectivity index (χ0v) is 12.3. The third-order valence-corrected chi connectivity index (χ3v) is 2.66. The fraction of sp³-hybridized carbons (Fsp3) is 0.0769. The maximum absolute atomic E-state index is 10.3. The number of para-hydroxylation sites is 2. The molecule has 0 radical (unpaired) electrons. The van der Waals surface area contributed by atoms with Crippen LogP contribution >= 0.6 is 0 Å². The molecule has 0 atom stereocenters. The van der Waals surface area contributed by atoms with Gasteiger partial charge < -0.3 is 10.5 Å². The monoisotopic (exact) mass is 336 g/mol. The molecule has 0 amide bonds. The topological polar surface area (TPSA) is 165 Å². The van der Waals surface area contributed by atoms with E-state index >= 15 is 0 Å². The first-order valence-corrected chi connectivity index (χ1v) is 6.23. The van der Waals surface area contributed by atoms with Crippen LogP contribution in [0, 0.1) is 30.3 Å². The van der Waals surface area contributed by atoms with Crippen LogP contribution in [0.5, 0.6) is 5.75 Å². The summed E-state index contributed by atoms with van der Waals surface area (Å²) in [4.78, 5) is 28.1. The molecular formula is C13H12N4O7. The van der Waals surface area contributed by atoms with Crippen molar-refractivity contribution >= 4 is 22.7 Å². The van der Waals surface area contributed by atoms with Crippen molar-refractivity contribution in [1.29, 1.82) is 0 Å². The van der Waals surface area contributed by atoms with E-state index in [1.165, 1.54) is 0 Å². The Morgan fingerprint density at radius 2 is 1.21 bits per heavy atom. The lowest BCUT2D eigenvalue weighted by Gasteiger charge is -2.00. The molecule has 0 heterocycles. The van der Waals surface area contributed by atoms with Crippen molar-refractivity contribution in [2.75, 3.05) is 12.8 Å². The second-order valence-electron chi connectivity index (χ2n) is 4.22. The first kappa shape index (κ1) is 18.3. The number of hydrogen-bond acceptors (Lipinski definition) is 8. The lowest BCUT2D eigenvalue weighted by Crippen LogP contribution is -1.96. The van der Waals surface area contributed by atoms with E-state index in [-0.39, 0.29) is 0 Å². The van der Waals surface area contributed by atoms with Crippen molar-refractivity contribution in [2.24, 2.45) is 0 Å². The van der Waals surface area contributed by atoms with Crippen LogP contribution in [0.3, 0.4) is 0 Å². The highest BCUT2D eigenvalue weighted by Gasteiger charge is 2.21. The third-order valence-electron chi connectivity index (χ3n) is 2.66. The molecule has 0 bridgehead atoms. The predicted molar refractivity (Wildman–Crippen MR) is 83.8 cm³/mol. The Balaban J connectivity index is 0.000000272. The highest BCUT2D eigenvalue weighted by atomic mass is 16.6. The van der Waals surface area contributed by atoms with E-state index in [0.717, 1.165) is 5.75 Å². The number of nitrogens with two attached hydrogens (primary N) is 1. The zero-order chi connectivity index (χ0) is 18.3. The van der Waals surface area contributed by atoms with Gasteiger partial charge in [0.25, 0.3) is 17.1 Å². The number of nitro benzene ring substituents is 3. The molecule has 0 aliphatic rings. The predicted octanol–water partition coefficient (Wildman–Crippen LogP) is 2.69. The fourth-order valence-corrected chi connectivity index (χ4v) is 1.56. The van der Waals surface area contributed by atoms with Gasteiger partial charge in [-0.15, -0.1) is 0 Å². The number of benzene rings is 2. The van der Waals surface area contributed by atoms with Crippen LogP contribution in [0.2, 0.25) is 0 Å². The number of anilines is 1. The van der Waals surface area contributed by atoms with Gasteiger partial charge in [-0.3, -0.25) is 30.3 Å². The molecule has 11 heteroatoms. The minimum atomic E-state index is -0.931. The normalized spacial score (nSPS) is 9.38. The Bertz CT molecular complexity index is 700. The highest BCUT2D eigenvalue weighted by molar-refractivity contribution is 5.53. The van der Waals surface area contributed by atoms with Gasteiger partial charge >= 0.3 is 0 Å². The summed E-state index contributed by atoms with van der Waals surface area (Å²) in [5, 5.41) is 30.9. The molecule has 0 saturated heterocycles. The van der Waals surface area contributed by atoms with Crippen LogP contribution in [0.15, 0.2) is 42.5 Å². The summed E-state index contributed by atoms with van der Waals surface area (Å²) in [6.07, 6.45) is 0. The van der Waals surface area contributed by atoms with Gasteiger partial charge in [0.05, 0.1) is 45.8 Å². The van der Waals surface area contributed by atoms with Gasteiger partial charge in [0.15, 0.2) is 0 Å². The van der Waals surface area contributed by atoms with Gasteiger partial charge in [0.1, 0.15) is 5.75 Å².